The van der Waals surface area contributed by atoms with Crippen LogP contribution in [0.4, 0.5) is 13.2 Å². The molecule has 0 aliphatic rings. The van der Waals surface area contributed by atoms with E-state index in [9.17, 15) is 13.2 Å². The fourth-order valence-electron chi connectivity index (χ4n) is 1.12. The van der Waals surface area contributed by atoms with E-state index in [4.69, 9.17) is 0 Å². The molecule has 1 rings (SSSR count). The van der Waals surface area contributed by atoms with Gasteiger partial charge in [-0.05, 0) is 18.6 Å². The molecule has 1 aromatic rings. The van der Waals surface area contributed by atoms with Gasteiger partial charge < -0.3 is 4.74 Å². The van der Waals surface area contributed by atoms with E-state index in [2.05, 4.69) is 20.7 Å². The third-order valence-electron chi connectivity index (χ3n) is 1.76. The molecule has 0 fully saturated rings. The lowest BCUT2D eigenvalue weighted by Crippen LogP contribution is -2.03. The van der Waals surface area contributed by atoms with Gasteiger partial charge in [-0.3, -0.25) is 0 Å². The molecule has 0 saturated heterocycles. The van der Waals surface area contributed by atoms with Crippen LogP contribution in [-0.2, 0) is 0 Å². The second-order valence-electron chi connectivity index (χ2n) is 2.94. The van der Waals surface area contributed by atoms with Crippen molar-refractivity contribution in [3.8, 4) is 5.75 Å². The highest BCUT2D eigenvalue weighted by molar-refractivity contribution is 9.09. The molecule has 0 aliphatic heterocycles. The lowest BCUT2D eigenvalue weighted by molar-refractivity contribution is -0.0501. The van der Waals surface area contributed by atoms with Gasteiger partial charge in [0.25, 0.3) is 0 Å². The number of halogens is 4. The Balaban J connectivity index is 2.88. The van der Waals surface area contributed by atoms with E-state index in [0.717, 1.165) is 17.8 Å². The second-order valence-corrected chi connectivity index (χ2v) is 3.73. The Hall–Kier alpha value is -0.970. The SMILES string of the molecule is Fc1ccc(C=CCCBr)c(OC(F)F)c1. The van der Waals surface area contributed by atoms with Crippen LogP contribution in [0.25, 0.3) is 6.08 Å². The molecule has 0 unspecified atom stereocenters. The molecule has 0 atom stereocenters. The largest absolute Gasteiger partial charge is 0.434 e. The molecule has 0 aliphatic carbocycles. The van der Waals surface area contributed by atoms with Crippen LogP contribution in [0, 0.1) is 5.82 Å². The Morgan fingerprint density at radius 3 is 2.75 bits per heavy atom. The summed E-state index contributed by atoms with van der Waals surface area (Å²) >= 11 is 3.23. The maximum Gasteiger partial charge on any atom is 0.387 e. The summed E-state index contributed by atoms with van der Waals surface area (Å²) in [6, 6.07) is 3.55. The first-order valence-corrected chi connectivity index (χ1v) is 5.72. The first-order chi connectivity index (χ1) is 7.63. The Kier molecular flexibility index (Phi) is 5.38. The first kappa shape index (κ1) is 13.1. The van der Waals surface area contributed by atoms with Crippen LogP contribution in [0.3, 0.4) is 0 Å². The molecule has 88 valence electrons. The van der Waals surface area contributed by atoms with Crippen molar-refractivity contribution >= 4 is 22.0 Å². The predicted octanol–water partition coefficient (Wildman–Crippen LogP) is 4.23. The molecule has 16 heavy (non-hydrogen) atoms. The van der Waals surface area contributed by atoms with Crippen LogP contribution in [0.5, 0.6) is 5.75 Å². The monoisotopic (exact) mass is 294 g/mol. The van der Waals surface area contributed by atoms with Gasteiger partial charge in [0.15, 0.2) is 0 Å². The molecular formula is C11H10BrF3O. The van der Waals surface area contributed by atoms with Gasteiger partial charge in [-0.15, -0.1) is 0 Å². The molecular weight excluding hydrogens is 285 g/mol. The topological polar surface area (TPSA) is 9.23 Å². The molecule has 0 N–H and O–H groups in total. The average Bonchev–Trinajstić information content (AvgIpc) is 2.20. The Morgan fingerprint density at radius 2 is 2.12 bits per heavy atom. The number of benzene rings is 1. The lowest BCUT2D eigenvalue weighted by atomic mass is 10.1. The molecule has 0 bridgehead atoms. The van der Waals surface area contributed by atoms with E-state index in [-0.39, 0.29) is 5.75 Å². The van der Waals surface area contributed by atoms with Gasteiger partial charge in [0.2, 0.25) is 0 Å². The van der Waals surface area contributed by atoms with E-state index >= 15 is 0 Å². The molecule has 0 amide bonds. The Labute approximate surface area is 100 Å². The summed E-state index contributed by atoms with van der Waals surface area (Å²) in [5.41, 5.74) is 0.433. The predicted molar refractivity (Wildman–Crippen MR) is 60.5 cm³/mol. The van der Waals surface area contributed by atoms with E-state index < -0.39 is 12.4 Å². The van der Waals surface area contributed by atoms with Crippen molar-refractivity contribution in [3.05, 3.63) is 35.7 Å². The smallest absolute Gasteiger partial charge is 0.387 e. The average molecular weight is 295 g/mol. The van der Waals surface area contributed by atoms with Crippen molar-refractivity contribution in [2.45, 2.75) is 13.0 Å². The van der Waals surface area contributed by atoms with Crippen molar-refractivity contribution < 1.29 is 17.9 Å². The summed E-state index contributed by atoms with van der Waals surface area (Å²) in [4.78, 5) is 0. The van der Waals surface area contributed by atoms with Gasteiger partial charge in [0.1, 0.15) is 11.6 Å². The van der Waals surface area contributed by atoms with Crippen LogP contribution in [0.1, 0.15) is 12.0 Å². The highest BCUT2D eigenvalue weighted by atomic mass is 79.9. The number of alkyl halides is 3. The van der Waals surface area contributed by atoms with E-state index in [1.807, 2.05) is 0 Å². The van der Waals surface area contributed by atoms with Gasteiger partial charge in [-0.2, -0.15) is 8.78 Å². The zero-order chi connectivity index (χ0) is 12.0. The van der Waals surface area contributed by atoms with Crippen molar-refractivity contribution in [1.29, 1.82) is 0 Å². The van der Waals surface area contributed by atoms with Crippen molar-refractivity contribution in [1.82, 2.24) is 0 Å². The maximum atomic E-state index is 12.8. The molecule has 0 saturated carbocycles. The molecule has 0 spiro atoms. The quantitative estimate of drug-likeness (QED) is 0.739. The Bertz CT molecular complexity index is 366. The van der Waals surface area contributed by atoms with E-state index in [0.29, 0.717) is 5.56 Å². The summed E-state index contributed by atoms with van der Waals surface area (Å²) in [6.07, 6.45) is 4.17. The number of rotatable bonds is 5. The molecule has 0 aromatic heterocycles. The minimum atomic E-state index is -2.95. The summed E-state index contributed by atoms with van der Waals surface area (Å²) < 4.78 is 41.1. The van der Waals surface area contributed by atoms with Crippen LogP contribution in [0.2, 0.25) is 0 Å². The van der Waals surface area contributed by atoms with Gasteiger partial charge in [0, 0.05) is 17.0 Å². The summed E-state index contributed by atoms with van der Waals surface area (Å²) in [5.74, 6) is -0.755. The summed E-state index contributed by atoms with van der Waals surface area (Å²) in [5, 5.41) is 0.774. The highest BCUT2D eigenvalue weighted by Crippen LogP contribution is 2.23. The maximum absolute atomic E-state index is 12.8. The third kappa shape index (κ3) is 4.26. The number of allylic oxidation sites excluding steroid dienone is 1. The van der Waals surface area contributed by atoms with E-state index in [1.54, 1.807) is 12.2 Å². The van der Waals surface area contributed by atoms with Gasteiger partial charge >= 0.3 is 6.61 Å². The molecule has 0 radical (unpaired) electrons. The molecule has 0 heterocycles. The normalized spacial score (nSPS) is 11.3. The minimum absolute atomic E-state index is 0.152. The Morgan fingerprint density at radius 1 is 1.38 bits per heavy atom. The van der Waals surface area contributed by atoms with Crippen molar-refractivity contribution in [3.63, 3.8) is 0 Å². The van der Waals surface area contributed by atoms with Crippen LogP contribution < -0.4 is 4.74 Å². The second kappa shape index (κ2) is 6.58. The fourth-order valence-corrected chi connectivity index (χ4v) is 1.38. The summed E-state index contributed by atoms with van der Waals surface area (Å²) in [6.45, 7) is -2.95. The first-order valence-electron chi connectivity index (χ1n) is 4.60. The van der Waals surface area contributed by atoms with Crippen molar-refractivity contribution in [2.24, 2.45) is 0 Å². The number of ether oxygens (including phenoxy) is 1. The van der Waals surface area contributed by atoms with Gasteiger partial charge in [-0.25, -0.2) is 4.39 Å². The van der Waals surface area contributed by atoms with Crippen LogP contribution in [-0.4, -0.2) is 11.9 Å². The van der Waals surface area contributed by atoms with Gasteiger partial charge in [0.05, 0.1) is 0 Å². The zero-order valence-corrected chi connectivity index (χ0v) is 9.88. The summed E-state index contributed by atoms with van der Waals surface area (Å²) in [7, 11) is 0. The number of hydrogen-bond acceptors (Lipinski definition) is 1. The molecule has 5 heteroatoms. The van der Waals surface area contributed by atoms with Crippen LogP contribution in [0.15, 0.2) is 24.3 Å². The fraction of sp³-hybridized carbons (Fsp3) is 0.273. The highest BCUT2D eigenvalue weighted by Gasteiger charge is 2.08. The third-order valence-corrected chi connectivity index (χ3v) is 2.22. The molecule has 1 nitrogen and oxygen atoms in total. The zero-order valence-electron chi connectivity index (χ0n) is 8.30. The van der Waals surface area contributed by atoms with Crippen molar-refractivity contribution in [2.75, 3.05) is 5.33 Å². The standard InChI is InChI=1S/C11H10BrF3O/c12-6-2-1-3-8-4-5-9(13)7-10(8)16-11(14)15/h1,3-5,7,11H,2,6H2. The minimum Gasteiger partial charge on any atom is -0.434 e. The lowest BCUT2D eigenvalue weighted by Gasteiger charge is -2.07. The van der Waals surface area contributed by atoms with E-state index in [1.165, 1.54) is 12.1 Å². The van der Waals surface area contributed by atoms with Crippen LogP contribution >= 0.6 is 15.9 Å². The van der Waals surface area contributed by atoms with Gasteiger partial charge in [-0.1, -0.05) is 28.1 Å². The molecule has 1 aromatic carbocycles. The number of hydrogen-bond donors (Lipinski definition) is 0.